The summed E-state index contributed by atoms with van der Waals surface area (Å²) in [5.74, 6) is 2.62. The molecule has 3 heterocycles. The van der Waals surface area contributed by atoms with E-state index in [4.69, 9.17) is 10.7 Å². The lowest BCUT2D eigenvalue weighted by atomic mass is 10.0. The zero-order valence-electron chi connectivity index (χ0n) is 16.2. The standard InChI is InChI=1S/C19H25N7S/c1-11(2)8-13-10-27-19-16(13)18(22-12(3)23-19)26(4)7-5-6-15-14(9-20)17(21)25-24-15/h10-11H,5-8H2,1-4H3,(H3,21,24,25). The number of aromatic nitrogens is 4. The average Bonchev–Trinajstić information content (AvgIpc) is 3.17. The van der Waals surface area contributed by atoms with Crippen molar-refractivity contribution in [2.24, 2.45) is 5.92 Å². The van der Waals surface area contributed by atoms with Crippen LogP contribution < -0.4 is 10.6 Å². The summed E-state index contributed by atoms with van der Waals surface area (Å²) in [7, 11) is 2.06. The van der Waals surface area contributed by atoms with Gasteiger partial charge in [0.05, 0.1) is 11.1 Å². The monoisotopic (exact) mass is 383 g/mol. The number of nitrogens with two attached hydrogens (primary N) is 1. The molecule has 3 rings (SSSR count). The van der Waals surface area contributed by atoms with Crippen LogP contribution in [0.3, 0.4) is 0 Å². The Morgan fingerprint density at radius 2 is 2.15 bits per heavy atom. The summed E-state index contributed by atoms with van der Waals surface area (Å²) in [5, 5.41) is 19.4. The quantitative estimate of drug-likeness (QED) is 0.647. The van der Waals surface area contributed by atoms with Crippen molar-refractivity contribution >= 4 is 33.2 Å². The first-order valence-electron chi connectivity index (χ1n) is 9.09. The number of rotatable bonds is 7. The minimum Gasteiger partial charge on any atom is -0.381 e. The van der Waals surface area contributed by atoms with E-state index < -0.39 is 0 Å². The molecule has 0 aromatic carbocycles. The zero-order valence-corrected chi connectivity index (χ0v) is 17.0. The molecule has 3 aromatic heterocycles. The van der Waals surface area contributed by atoms with Gasteiger partial charge in [-0.3, -0.25) is 5.10 Å². The highest BCUT2D eigenvalue weighted by atomic mass is 32.1. The van der Waals surface area contributed by atoms with E-state index in [0.29, 0.717) is 17.9 Å². The first-order chi connectivity index (χ1) is 12.9. The van der Waals surface area contributed by atoms with Crippen molar-refractivity contribution in [3.8, 4) is 6.07 Å². The number of hydrogen-bond donors (Lipinski definition) is 2. The van der Waals surface area contributed by atoms with E-state index in [1.165, 1.54) is 10.9 Å². The molecular weight excluding hydrogens is 358 g/mol. The van der Waals surface area contributed by atoms with E-state index in [9.17, 15) is 5.26 Å². The fraction of sp³-hybridized carbons (Fsp3) is 0.474. The van der Waals surface area contributed by atoms with Crippen LogP contribution in [-0.4, -0.2) is 33.8 Å². The first kappa shape index (κ1) is 19.1. The lowest BCUT2D eigenvalue weighted by Gasteiger charge is -2.20. The van der Waals surface area contributed by atoms with Crippen molar-refractivity contribution in [2.45, 2.75) is 40.0 Å². The van der Waals surface area contributed by atoms with Crippen LogP contribution in [0.15, 0.2) is 5.38 Å². The molecule has 0 bridgehead atoms. The molecule has 7 nitrogen and oxygen atoms in total. The summed E-state index contributed by atoms with van der Waals surface area (Å²) in [6, 6.07) is 2.12. The fourth-order valence-corrected chi connectivity index (χ4v) is 4.24. The molecule has 0 aliphatic carbocycles. The third-order valence-corrected chi connectivity index (χ3v) is 5.41. The molecule has 0 aliphatic heterocycles. The first-order valence-corrected chi connectivity index (χ1v) is 9.97. The van der Waals surface area contributed by atoms with E-state index >= 15 is 0 Å². The van der Waals surface area contributed by atoms with Crippen molar-refractivity contribution < 1.29 is 0 Å². The van der Waals surface area contributed by atoms with Crippen LogP contribution in [0, 0.1) is 24.2 Å². The van der Waals surface area contributed by atoms with E-state index in [2.05, 4.69) is 52.4 Å². The average molecular weight is 384 g/mol. The van der Waals surface area contributed by atoms with Crippen LogP contribution in [-0.2, 0) is 12.8 Å². The van der Waals surface area contributed by atoms with E-state index in [1.807, 2.05) is 6.92 Å². The van der Waals surface area contributed by atoms with Gasteiger partial charge in [-0.15, -0.1) is 11.3 Å². The highest BCUT2D eigenvalue weighted by Crippen LogP contribution is 2.33. The van der Waals surface area contributed by atoms with Crippen molar-refractivity contribution in [1.29, 1.82) is 5.26 Å². The second kappa shape index (κ2) is 7.92. The van der Waals surface area contributed by atoms with Crippen molar-refractivity contribution in [3.05, 3.63) is 28.0 Å². The Kier molecular flexibility index (Phi) is 5.61. The number of nitrogens with zero attached hydrogens (tertiary/aromatic N) is 5. The molecule has 3 N–H and O–H groups in total. The Labute approximate surface area is 163 Å². The Morgan fingerprint density at radius 3 is 2.85 bits per heavy atom. The summed E-state index contributed by atoms with van der Waals surface area (Å²) in [6.45, 7) is 7.20. The number of hydrogen-bond acceptors (Lipinski definition) is 7. The van der Waals surface area contributed by atoms with Gasteiger partial charge in [0.1, 0.15) is 28.1 Å². The van der Waals surface area contributed by atoms with Gasteiger partial charge in [0, 0.05) is 13.6 Å². The molecule has 0 atom stereocenters. The molecule has 3 aromatic rings. The maximum atomic E-state index is 9.19. The number of nitrogen functional groups attached to an aromatic ring is 1. The van der Waals surface area contributed by atoms with Crippen LogP contribution in [0.5, 0.6) is 0 Å². The molecule has 0 saturated heterocycles. The van der Waals surface area contributed by atoms with Gasteiger partial charge in [0.25, 0.3) is 0 Å². The summed E-state index contributed by atoms with van der Waals surface area (Å²) in [4.78, 5) is 12.6. The molecule has 8 heteroatoms. The number of fused-ring (bicyclic) bond motifs is 1. The van der Waals surface area contributed by atoms with Gasteiger partial charge in [-0.2, -0.15) is 10.4 Å². The van der Waals surface area contributed by atoms with E-state index in [1.54, 1.807) is 11.3 Å². The molecule has 0 amide bonds. The topological polar surface area (TPSA) is 108 Å². The summed E-state index contributed by atoms with van der Waals surface area (Å²) in [6.07, 6.45) is 2.60. The highest BCUT2D eigenvalue weighted by molar-refractivity contribution is 7.17. The van der Waals surface area contributed by atoms with Crippen LogP contribution in [0.2, 0.25) is 0 Å². The Hall–Kier alpha value is -2.66. The molecule has 0 saturated carbocycles. The predicted octanol–water partition coefficient (Wildman–Crippen LogP) is 3.44. The minimum atomic E-state index is 0.269. The smallest absolute Gasteiger partial charge is 0.163 e. The lowest BCUT2D eigenvalue weighted by molar-refractivity contribution is 0.651. The van der Waals surface area contributed by atoms with Crippen molar-refractivity contribution in [3.63, 3.8) is 0 Å². The number of anilines is 2. The zero-order chi connectivity index (χ0) is 19.6. The molecular formula is C19H25N7S. The Bertz CT molecular complexity index is 980. The number of nitriles is 1. The normalized spacial score (nSPS) is 11.3. The van der Waals surface area contributed by atoms with Gasteiger partial charge in [-0.25, -0.2) is 9.97 Å². The van der Waals surface area contributed by atoms with E-state index in [0.717, 1.165) is 41.6 Å². The molecule has 0 aliphatic rings. The molecule has 0 fully saturated rings. The molecule has 27 heavy (non-hydrogen) atoms. The molecule has 142 valence electrons. The van der Waals surface area contributed by atoms with Gasteiger partial charge in [0.15, 0.2) is 5.82 Å². The van der Waals surface area contributed by atoms with Gasteiger partial charge < -0.3 is 10.6 Å². The van der Waals surface area contributed by atoms with Gasteiger partial charge in [0.2, 0.25) is 0 Å². The van der Waals surface area contributed by atoms with Crippen LogP contribution in [0.4, 0.5) is 11.6 Å². The number of aryl methyl sites for hydroxylation is 2. The molecule has 0 unspecified atom stereocenters. The predicted molar refractivity (Wildman–Crippen MR) is 110 cm³/mol. The number of H-pyrrole nitrogens is 1. The summed E-state index contributed by atoms with van der Waals surface area (Å²) in [5.41, 5.74) is 8.27. The number of aromatic amines is 1. The summed E-state index contributed by atoms with van der Waals surface area (Å²) >= 11 is 1.69. The largest absolute Gasteiger partial charge is 0.381 e. The Balaban J connectivity index is 1.79. The van der Waals surface area contributed by atoms with Crippen LogP contribution in [0.25, 0.3) is 10.2 Å². The minimum absolute atomic E-state index is 0.269. The lowest BCUT2D eigenvalue weighted by Crippen LogP contribution is -2.21. The third kappa shape index (κ3) is 4.03. The van der Waals surface area contributed by atoms with Gasteiger partial charge in [-0.1, -0.05) is 13.8 Å². The number of nitrogens with one attached hydrogen (secondary N) is 1. The highest BCUT2D eigenvalue weighted by Gasteiger charge is 2.17. The van der Waals surface area contributed by atoms with Crippen molar-refractivity contribution in [1.82, 2.24) is 20.2 Å². The van der Waals surface area contributed by atoms with E-state index in [-0.39, 0.29) is 5.82 Å². The van der Waals surface area contributed by atoms with Crippen LogP contribution >= 0.6 is 11.3 Å². The fourth-order valence-electron chi connectivity index (χ4n) is 3.25. The van der Waals surface area contributed by atoms with Gasteiger partial charge >= 0.3 is 0 Å². The van der Waals surface area contributed by atoms with Gasteiger partial charge in [-0.05, 0) is 43.0 Å². The summed E-state index contributed by atoms with van der Waals surface area (Å²) < 4.78 is 0. The second-order valence-corrected chi connectivity index (χ2v) is 8.09. The third-order valence-electron chi connectivity index (χ3n) is 4.49. The Morgan fingerprint density at radius 1 is 1.37 bits per heavy atom. The molecule has 0 spiro atoms. The number of thiophene rings is 1. The van der Waals surface area contributed by atoms with Crippen LogP contribution in [0.1, 0.15) is 42.9 Å². The van der Waals surface area contributed by atoms with Crippen molar-refractivity contribution in [2.75, 3.05) is 24.2 Å². The maximum Gasteiger partial charge on any atom is 0.163 e. The second-order valence-electron chi connectivity index (χ2n) is 7.23. The SMILES string of the molecule is Cc1nc(N(C)CCCc2[nH]nc(N)c2C#N)c2c(CC(C)C)csc2n1. The molecule has 0 radical (unpaired) electrons. The maximum absolute atomic E-state index is 9.19.